The molecule has 0 radical (unpaired) electrons. The van der Waals surface area contributed by atoms with Crippen LogP contribution in [0.2, 0.25) is 10.0 Å². The van der Waals surface area contributed by atoms with Crippen LogP contribution in [0.3, 0.4) is 0 Å². The van der Waals surface area contributed by atoms with Crippen LogP contribution >= 0.6 is 23.2 Å². The van der Waals surface area contributed by atoms with Crippen molar-refractivity contribution in [3.8, 4) is 5.75 Å². The molecule has 0 saturated carbocycles. The zero-order valence-electron chi connectivity index (χ0n) is 21.8. The van der Waals surface area contributed by atoms with Gasteiger partial charge in [0.2, 0.25) is 0 Å². The summed E-state index contributed by atoms with van der Waals surface area (Å²) in [7, 11) is 1.41. The summed E-state index contributed by atoms with van der Waals surface area (Å²) >= 11 is 12.6. The molecule has 0 aromatic heterocycles. The number of ether oxygens (including phenoxy) is 1. The summed E-state index contributed by atoms with van der Waals surface area (Å²) in [5.74, 6) is -1.79. The first-order chi connectivity index (χ1) is 18.2. The number of rotatable bonds is 8. The van der Waals surface area contributed by atoms with Crippen LogP contribution in [-0.4, -0.2) is 37.0 Å². The van der Waals surface area contributed by atoms with E-state index in [-0.39, 0.29) is 26.9 Å². The van der Waals surface area contributed by atoms with Gasteiger partial charge in [0.1, 0.15) is 11.5 Å². The topological polar surface area (TPSA) is 70.1 Å². The van der Waals surface area contributed by atoms with E-state index in [4.69, 9.17) is 27.9 Å². The molecule has 0 bridgehead atoms. The largest absolute Gasteiger partial charge is 0.507 e. The molecule has 1 atom stereocenters. The molecule has 0 aliphatic carbocycles. The third-order valence-electron chi connectivity index (χ3n) is 6.87. The molecule has 4 rings (SSSR count). The first-order valence-corrected chi connectivity index (χ1v) is 13.3. The zero-order valence-corrected chi connectivity index (χ0v) is 23.3. The molecule has 3 aromatic rings. The molecule has 1 N–H and O–H groups in total. The van der Waals surface area contributed by atoms with Crippen molar-refractivity contribution in [2.45, 2.75) is 33.2 Å². The molecule has 1 aliphatic rings. The minimum absolute atomic E-state index is 0.0678. The maximum atomic E-state index is 13.5. The highest BCUT2D eigenvalue weighted by molar-refractivity contribution is 6.52. The van der Waals surface area contributed by atoms with Crippen LogP contribution in [0.25, 0.3) is 5.76 Å². The Morgan fingerprint density at radius 1 is 0.974 bits per heavy atom. The van der Waals surface area contributed by atoms with E-state index in [0.717, 1.165) is 30.8 Å². The number of hydrogen-bond acceptors (Lipinski definition) is 5. The maximum absolute atomic E-state index is 13.5. The van der Waals surface area contributed by atoms with Gasteiger partial charge in [-0.1, -0.05) is 54.4 Å². The highest BCUT2D eigenvalue weighted by Gasteiger charge is 2.47. The molecule has 1 fully saturated rings. The number of anilines is 2. The number of aryl methyl sites for hydroxylation is 1. The fourth-order valence-corrected chi connectivity index (χ4v) is 5.42. The minimum atomic E-state index is -0.879. The quantitative estimate of drug-likeness (QED) is 0.184. The Hall–Kier alpha value is -3.48. The van der Waals surface area contributed by atoms with Crippen LogP contribution in [0, 0.1) is 0 Å². The Balaban J connectivity index is 1.95. The number of carbonyl (C=O) groups excluding carboxylic acids is 2. The average Bonchev–Trinajstić information content (AvgIpc) is 3.19. The molecule has 1 saturated heterocycles. The van der Waals surface area contributed by atoms with Crippen LogP contribution in [0.4, 0.5) is 11.4 Å². The summed E-state index contributed by atoms with van der Waals surface area (Å²) in [6.07, 6.45) is 0.838. The van der Waals surface area contributed by atoms with Gasteiger partial charge in [-0.05, 0) is 67.8 Å². The van der Waals surface area contributed by atoms with Crippen molar-refractivity contribution in [2.75, 3.05) is 30.0 Å². The van der Waals surface area contributed by atoms with E-state index < -0.39 is 23.5 Å². The van der Waals surface area contributed by atoms with Gasteiger partial charge in [0.25, 0.3) is 11.7 Å². The minimum Gasteiger partial charge on any atom is -0.507 e. The van der Waals surface area contributed by atoms with E-state index >= 15 is 0 Å². The number of benzene rings is 3. The SMILES string of the molecule is CCc1ccc(N2C(=O)C(=O)/C(=C(/O)c3cc(Cl)cc(Cl)c3OC)C2c2ccc(N(CC)CC)cc2)cc1. The lowest BCUT2D eigenvalue weighted by Crippen LogP contribution is -2.29. The molecular weight excluding hydrogens is 523 g/mol. The first kappa shape index (κ1) is 27.6. The predicted molar refractivity (Wildman–Crippen MR) is 154 cm³/mol. The molecule has 1 heterocycles. The zero-order chi connectivity index (χ0) is 27.6. The van der Waals surface area contributed by atoms with Gasteiger partial charge in [-0.15, -0.1) is 0 Å². The molecular formula is C30H30Cl2N2O4. The van der Waals surface area contributed by atoms with Crippen LogP contribution in [0.5, 0.6) is 5.75 Å². The number of ketones is 1. The van der Waals surface area contributed by atoms with Crippen LogP contribution in [0.15, 0.2) is 66.2 Å². The van der Waals surface area contributed by atoms with E-state index in [1.165, 1.54) is 24.1 Å². The fourth-order valence-electron chi connectivity index (χ4n) is 4.85. The van der Waals surface area contributed by atoms with Gasteiger partial charge in [-0.3, -0.25) is 14.5 Å². The number of methoxy groups -OCH3 is 1. The number of halogens is 2. The fraction of sp³-hybridized carbons (Fsp3) is 0.267. The van der Waals surface area contributed by atoms with Gasteiger partial charge in [0, 0.05) is 29.5 Å². The normalized spacial score (nSPS) is 16.7. The molecule has 3 aromatic carbocycles. The van der Waals surface area contributed by atoms with Crippen molar-refractivity contribution in [1.82, 2.24) is 0 Å². The Morgan fingerprint density at radius 3 is 2.16 bits per heavy atom. The Kier molecular flexibility index (Phi) is 8.34. The molecule has 6 nitrogen and oxygen atoms in total. The van der Waals surface area contributed by atoms with Crippen molar-refractivity contribution in [1.29, 1.82) is 0 Å². The number of aliphatic hydroxyl groups excluding tert-OH is 1. The van der Waals surface area contributed by atoms with E-state index in [2.05, 4.69) is 18.7 Å². The standard InChI is InChI=1S/C30H30Cl2N2O4/c1-5-18-8-12-22(13-9-18)34-26(19-10-14-21(15-11-19)33(6-2)7-3)25(28(36)30(34)37)27(35)23-16-20(31)17-24(32)29(23)38-4/h8-17,26,35H,5-7H2,1-4H3/b27-25+. The van der Waals surface area contributed by atoms with Crippen molar-refractivity contribution < 1.29 is 19.4 Å². The van der Waals surface area contributed by atoms with E-state index in [1.54, 1.807) is 0 Å². The molecule has 1 amide bonds. The summed E-state index contributed by atoms with van der Waals surface area (Å²) in [5, 5.41) is 12.0. The van der Waals surface area contributed by atoms with Crippen LogP contribution in [0.1, 0.15) is 43.5 Å². The lowest BCUT2D eigenvalue weighted by molar-refractivity contribution is -0.132. The van der Waals surface area contributed by atoms with E-state index in [9.17, 15) is 14.7 Å². The van der Waals surface area contributed by atoms with Gasteiger partial charge in [-0.25, -0.2) is 0 Å². The van der Waals surface area contributed by atoms with Gasteiger partial charge >= 0.3 is 0 Å². The number of amides is 1. The molecule has 1 unspecified atom stereocenters. The Morgan fingerprint density at radius 2 is 1.61 bits per heavy atom. The number of carbonyl (C=O) groups is 2. The highest BCUT2D eigenvalue weighted by Crippen LogP contribution is 2.45. The van der Waals surface area contributed by atoms with Crippen molar-refractivity contribution in [3.05, 3.63) is 93.0 Å². The smallest absolute Gasteiger partial charge is 0.300 e. The monoisotopic (exact) mass is 552 g/mol. The first-order valence-electron chi connectivity index (χ1n) is 12.5. The second-order valence-electron chi connectivity index (χ2n) is 8.92. The molecule has 1 aliphatic heterocycles. The number of aliphatic hydroxyl groups is 1. The van der Waals surface area contributed by atoms with Gasteiger partial charge in [-0.2, -0.15) is 0 Å². The van der Waals surface area contributed by atoms with Gasteiger partial charge < -0.3 is 14.7 Å². The summed E-state index contributed by atoms with van der Waals surface area (Å²) < 4.78 is 5.42. The maximum Gasteiger partial charge on any atom is 0.300 e. The predicted octanol–water partition coefficient (Wildman–Crippen LogP) is 7.04. The van der Waals surface area contributed by atoms with Crippen LogP contribution in [-0.2, 0) is 16.0 Å². The highest BCUT2D eigenvalue weighted by atomic mass is 35.5. The third-order valence-corrected chi connectivity index (χ3v) is 7.37. The lowest BCUT2D eigenvalue weighted by atomic mass is 9.94. The number of Topliss-reactive ketones (excluding diaryl/α,β-unsaturated/α-hetero) is 1. The second kappa shape index (κ2) is 11.5. The molecule has 0 spiro atoms. The Bertz CT molecular complexity index is 1380. The Labute approximate surface area is 233 Å². The summed E-state index contributed by atoms with van der Waals surface area (Å²) in [5.41, 5.74) is 3.41. The average molecular weight is 553 g/mol. The summed E-state index contributed by atoms with van der Waals surface area (Å²) in [6, 6.07) is 17.2. The van der Waals surface area contributed by atoms with Crippen LogP contribution < -0.4 is 14.5 Å². The van der Waals surface area contributed by atoms with Gasteiger partial charge in [0.05, 0.1) is 29.3 Å². The number of nitrogens with zero attached hydrogens (tertiary/aromatic N) is 2. The summed E-state index contributed by atoms with van der Waals surface area (Å²) in [4.78, 5) is 30.6. The third kappa shape index (κ3) is 4.98. The molecule has 38 heavy (non-hydrogen) atoms. The van der Waals surface area contributed by atoms with Gasteiger partial charge in [0.15, 0.2) is 0 Å². The summed E-state index contributed by atoms with van der Waals surface area (Å²) in [6.45, 7) is 7.88. The van der Waals surface area contributed by atoms with E-state index in [0.29, 0.717) is 11.3 Å². The van der Waals surface area contributed by atoms with Crippen molar-refractivity contribution >= 4 is 52.0 Å². The second-order valence-corrected chi connectivity index (χ2v) is 9.76. The lowest BCUT2D eigenvalue weighted by Gasteiger charge is -2.27. The number of hydrogen-bond donors (Lipinski definition) is 1. The molecule has 198 valence electrons. The molecule has 8 heteroatoms. The van der Waals surface area contributed by atoms with E-state index in [1.807, 2.05) is 55.5 Å². The van der Waals surface area contributed by atoms with Crippen molar-refractivity contribution in [3.63, 3.8) is 0 Å². The van der Waals surface area contributed by atoms with Crippen molar-refractivity contribution in [2.24, 2.45) is 0 Å².